The Labute approximate surface area is 137 Å². The van der Waals surface area contributed by atoms with Crippen LogP contribution in [0.4, 0.5) is 10.5 Å². The van der Waals surface area contributed by atoms with Crippen LogP contribution in [0.25, 0.3) is 11.1 Å². The summed E-state index contributed by atoms with van der Waals surface area (Å²) in [7, 11) is 1.60. The molecule has 1 aliphatic rings. The summed E-state index contributed by atoms with van der Waals surface area (Å²) in [6.45, 7) is 0. The molecule has 0 saturated heterocycles. The Balaban J connectivity index is 1.65. The number of rotatable bonds is 3. The predicted molar refractivity (Wildman–Crippen MR) is 87.0 cm³/mol. The van der Waals surface area contributed by atoms with E-state index >= 15 is 0 Å². The average Bonchev–Trinajstić information content (AvgIpc) is 2.84. The van der Waals surface area contributed by atoms with Crippen molar-refractivity contribution < 1.29 is 19.1 Å². The number of carboxylic acid groups (broad SMARTS) is 1. The number of hydrogen-bond donors (Lipinski definition) is 3. The lowest BCUT2D eigenvalue weighted by Crippen LogP contribution is -2.41. The van der Waals surface area contributed by atoms with Crippen LogP contribution in [0, 0.1) is 5.92 Å². The van der Waals surface area contributed by atoms with Gasteiger partial charge >= 0.3 is 17.8 Å². The minimum absolute atomic E-state index is 0.0532. The van der Waals surface area contributed by atoms with E-state index in [1.807, 2.05) is 0 Å². The summed E-state index contributed by atoms with van der Waals surface area (Å²) in [6, 6.07) is 4.67. The molecule has 128 valence electrons. The summed E-state index contributed by atoms with van der Waals surface area (Å²) in [5, 5.41) is 14.5. The molecule has 1 aliphatic carbocycles. The third kappa shape index (κ3) is 3.12. The highest BCUT2D eigenvalue weighted by molar-refractivity contribution is 5.97. The molecule has 0 unspecified atom stereocenters. The highest BCUT2D eigenvalue weighted by Gasteiger charge is 2.26. The first-order valence-electron chi connectivity index (χ1n) is 7.84. The number of aryl methyl sites for hydroxylation is 1. The number of urea groups is 1. The Morgan fingerprint density at radius 3 is 2.62 bits per heavy atom. The van der Waals surface area contributed by atoms with Crippen molar-refractivity contribution in [2.45, 2.75) is 31.7 Å². The summed E-state index contributed by atoms with van der Waals surface area (Å²) < 4.78 is 6.53. The SMILES string of the molecule is Cn1c(=O)oc2c(NC(=O)NC3CCC(C(=O)O)CC3)cccc21. The number of anilines is 1. The van der Waals surface area contributed by atoms with Gasteiger partial charge in [0.2, 0.25) is 0 Å². The number of nitrogens with zero attached hydrogens (tertiary/aromatic N) is 1. The second-order valence-electron chi connectivity index (χ2n) is 6.07. The maximum Gasteiger partial charge on any atom is 0.419 e. The summed E-state index contributed by atoms with van der Waals surface area (Å²) >= 11 is 0. The number of aromatic nitrogens is 1. The van der Waals surface area contributed by atoms with E-state index in [2.05, 4.69) is 10.6 Å². The molecule has 1 heterocycles. The zero-order chi connectivity index (χ0) is 17.3. The molecule has 0 atom stereocenters. The lowest BCUT2D eigenvalue weighted by molar-refractivity contribution is -0.142. The number of fused-ring (bicyclic) bond motifs is 1. The Morgan fingerprint density at radius 1 is 1.25 bits per heavy atom. The lowest BCUT2D eigenvalue weighted by Gasteiger charge is -2.26. The number of carbonyl (C=O) groups excluding carboxylic acids is 1. The predicted octanol–water partition coefficient (Wildman–Crippen LogP) is 1.90. The molecule has 2 aromatic rings. The summed E-state index contributed by atoms with van der Waals surface area (Å²) in [5.74, 6) is -1.59. The van der Waals surface area contributed by atoms with Gasteiger partial charge in [-0.05, 0) is 37.8 Å². The smallest absolute Gasteiger partial charge is 0.419 e. The molecule has 1 aromatic carbocycles. The van der Waals surface area contributed by atoms with Gasteiger partial charge in [0.1, 0.15) is 0 Å². The molecule has 0 bridgehead atoms. The standard InChI is InChI=1S/C16H19N3O5/c1-19-12-4-2-3-11(13(12)24-16(19)23)18-15(22)17-10-7-5-9(6-8-10)14(20)21/h2-4,9-10H,5-8H2,1H3,(H,20,21)(H2,17,18,22). The highest BCUT2D eigenvalue weighted by atomic mass is 16.4. The van der Waals surface area contributed by atoms with E-state index in [1.54, 1.807) is 25.2 Å². The number of amides is 2. The molecular formula is C16H19N3O5. The van der Waals surface area contributed by atoms with E-state index in [0.717, 1.165) is 0 Å². The summed E-state index contributed by atoms with van der Waals surface area (Å²) in [6.07, 6.45) is 2.39. The molecule has 0 spiro atoms. The van der Waals surface area contributed by atoms with E-state index in [-0.39, 0.29) is 12.0 Å². The van der Waals surface area contributed by atoms with Crippen LogP contribution >= 0.6 is 0 Å². The second-order valence-corrected chi connectivity index (χ2v) is 6.07. The van der Waals surface area contributed by atoms with Crippen LogP contribution in [0.1, 0.15) is 25.7 Å². The number of benzene rings is 1. The van der Waals surface area contributed by atoms with E-state index < -0.39 is 17.8 Å². The zero-order valence-corrected chi connectivity index (χ0v) is 13.2. The molecular weight excluding hydrogens is 314 g/mol. The van der Waals surface area contributed by atoms with Crippen LogP contribution in [-0.4, -0.2) is 27.7 Å². The fraction of sp³-hybridized carbons (Fsp3) is 0.438. The van der Waals surface area contributed by atoms with Gasteiger partial charge in [-0.2, -0.15) is 0 Å². The minimum atomic E-state index is -0.774. The highest BCUT2D eigenvalue weighted by Crippen LogP contribution is 2.25. The molecule has 8 nitrogen and oxygen atoms in total. The Hall–Kier alpha value is -2.77. The van der Waals surface area contributed by atoms with Crippen molar-refractivity contribution in [3.63, 3.8) is 0 Å². The normalized spacial score (nSPS) is 20.7. The van der Waals surface area contributed by atoms with Crippen molar-refractivity contribution >= 4 is 28.8 Å². The van der Waals surface area contributed by atoms with Crippen molar-refractivity contribution in [1.82, 2.24) is 9.88 Å². The van der Waals surface area contributed by atoms with Crippen LogP contribution in [0.2, 0.25) is 0 Å². The van der Waals surface area contributed by atoms with Crippen LogP contribution in [-0.2, 0) is 11.8 Å². The van der Waals surface area contributed by atoms with E-state index in [0.29, 0.717) is 42.5 Å². The number of hydrogen-bond acceptors (Lipinski definition) is 4. The molecule has 2 amide bonds. The molecule has 1 saturated carbocycles. The Morgan fingerprint density at radius 2 is 1.96 bits per heavy atom. The van der Waals surface area contributed by atoms with Gasteiger partial charge in [-0.15, -0.1) is 0 Å². The third-order valence-corrected chi connectivity index (χ3v) is 4.48. The van der Waals surface area contributed by atoms with E-state index in [1.165, 1.54) is 4.57 Å². The van der Waals surface area contributed by atoms with Gasteiger partial charge in [0.15, 0.2) is 5.58 Å². The van der Waals surface area contributed by atoms with Gasteiger partial charge < -0.3 is 20.2 Å². The van der Waals surface area contributed by atoms with Gasteiger partial charge in [0, 0.05) is 13.1 Å². The molecule has 1 aromatic heterocycles. The third-order valence-electron chi connectivity index (χ3n) is 4.48. The van der Waals surface area contributed by atoms with E-state index in [4.69, 9.17) is 9.52 Å². The first-order valence-corrected chi connectivity index (χ1v) is 7.84. The molecule has 0 radical (unpaired) electrons. The fourth-order valence-electron chi connectivity index (χ4n) is 3.08. The topological polar surface area (TPSA) is 114 Å². The number of aliphatic carboxylic acids is 1. The van der Waals surface area contributed by atoms with Gasteiger partial charge in [-0.3, -0.25) is 9.36 Å². The van der Waals surface area contributed by atoms with Gasteiger partial charge in [-0.1, -0.05) is 6.07 Å². The van der Waals surface area contributed by atoms with Crippen molar-refractivity contribution in [3.05, 3.63) is 28.7 Å². The van der Waals surface area contributed by atoms with E-state index in [9.17, 15) is 14.4 Å². The maximum atomic E-state index is 12.2. The minimum Gasteiger partial charge on any atom is -0.481 e. The quantitative estimate of drug-likeness (QED) is 0.794. The molecule has 3 rings (SSSR count). The monoisotopic (exact) mass is 333 g/mol. The molecule has 3 N–H and O–H groups in total. The number of carboxylic acids is 1. The van der Waals surface area contributed by atoms with Crippen molar-refractivity contribution in [1.29, 1.82) is 0 Å². The Bertz CT molecular complexity index is 830. The van der Waals surface area contributed by atoms with Crippen molar-refractivity contribution in [3.8, 4) is 0 Å². The number of nitrogens with one attached hydrogen (secondary N) is 2. The second kappa shape index (κ2) is 6.38. The first-order chi connectivity index (χ1) is 11.5. The summed E-state index contributed by atoms with van der Waals surface area (Å²) in [4.78, 5) is 34.7. The van der Waals surface area contributed by atoms with Crippen LogP contribution in [0.15, 0.2) is 27.4 Å². The van der Waals surface area contributed by atoms with Crippen LogP contribution in [0.3, 0.4) is 0 Å². The molecule has 24 heavy (non-hydrogen) atoms. The first kappa shape index (κ1) is 16.1. The van der Waals surface area contributed by atoms with Gasteiger partial charge in [0.05, 0.1) is 17.1 Å². The molecule has 0 aliphatic heterocycles. The van der Waals surface area contributed by atoms with Crippen LogP contribution < -0.4 is 16.4 Å². The van der Waals surface area contributed by atoms with Gasteiger partial charge in [-0.25, -0.2) is 9.59 Å². The number of oxazole rings is 1. The van der Waals surface area contributed by atoms with Crippen molar-refractivity contribution in [2.24, 2.45) is 13.0 Å². The zero-order valence-electron chi connectivity index (χ0n) is 13.2. The largest absolute Gasteiger partial charge is 0.481 e. The average molecular weight is 333 g/mol. The summed E-state index contributed by atoms with van der Waals surface area (Å²) in [5.41, 5.74) is 1.34. The lowest BCUT2D eigenvalue weighted by atomic mass is 9.86. The van der Waals surface area contributed by atoms with Crippen LogP contribution in [0.5, 0.6) is 0 Å². The van der Waals surface area contributed by atoms with Crippen molar-refractivity contribution in [2.75, 3.05) is 5.32 Å². The molecule has 8 heteroatoms. The number of para-hydroxylation sites is 1. The number of carbonyl (C=O) groups is 2. The Kier molecular flexibility index (Phi) is 4.28. The molecule has 1 fully saturated rings. The van der Waals surface area contributed by atoms with Gasteiger partial charge in [0.25, 0.3) is 0 Å². The maximum absolute atomic E-state index is 12.2. The fourth-order valence-corrected chi connectivity index (χ4v) is 3.08.